The number of hydrogen-bond acceptors (Lipinski definition) is 4. The van der Waals surface area contributed by atoms with Crippen LogP contribution in [0, 0.1) is 22.9 Å². The van der Waals surface area contributed by atoms with Gasteiger partial charge < -0.3 is 10.1 Å². The maximum absolute atomic E-state index is 14.0. The number of ether oxygens (including phenoxy) is 1. The maximum atomic E-state index is 14.0. The van der Waals surface area contributed by atoms with E-state index in [2.05, 4.69) is 21.2 Å². The summed E-state index contributed by atoms with van der Waals surface area (Å²) in [6.07, 6.45) is 1.46. The lowest BCUT2D eigenvalue weighted by Gasteiger charge is -2.38. The van der Waals surface area contributed by atoms with Crippen molar-refractivity contribution in [3.63, 3.8) is 0 Å². The van der Waals surface area contributed by atoms with Crippen molar-refractivity contribution >= 4 is 27.5 Å². The van der Waals surface area contributed by atoms with E-state index in [0.717, 1.165) is 35.0 Å². The topological polar surface area (TPSA) is 81.5 Å². The van der Waals surface area contributed by atoms with Crippen LogP contribution in [0.15, 0.2) is 40.9 Å². The van der Waals surface area contributed by atoms with Crippen LogP contribution < -0.4 is 5.32 Å². The summed E-state index contributed by atoms with van der Waals surface area (Å²) in [6, 6.07) is 10.1. The molecule has 2 aromatic carbocycles. The zero-order chi connectivity index (χ0) is 20.3. The molecule has 8 heteroatoms. The molecule has 1 heterocycles. The molecule has 148 valence electrons. The SMILES string of the molecule is Cc1c(F)cc(C(=O)NCC2(c3cccc(Br)c3)CCOCC2)cc1[N+](=O)[O-]. The molecule has 1 amide bonds. The predicted octanol–water partition coefficient (Wildman–Crippen LogP) is 4.28. The van der Waals surface area contributed by atoms with Gasteiger partial charge in [0.15, 0.2) is 0 Å². The fraction of sp³-hybridized carbons (Fsp3) is 0.350. The van der Waals surface area contributed by atoms with Crippen LogP contribution in [0.5, 0.6) is 0 Å². The van der Waals surface area contributed by atoms with E-state index in [9.17, 15) is 19.3 Å². The Kier molecular flexibility index (Phi) is 6.10. The lowest BCUT2D eigenvalue weighted by atomic mass is 9.74. The largest absolute Gasteiger partial charge is 0.381 e. The van der Waals surface area contributed by atoms with Crippen molar-refractivity contribution in [2.75, 3.05) is 19.8 Å². The Bertz CT molecular complexity index is 913. The third-order valence-electron chi connectivity index (χ3n) is 5.25. The van der Waals surface area contributed by atoms with E-state index in [1.54, 1.807) is 0 Å². The Morgan fingerprint density at radius 3 is 2.68 bits per heavy atom. The molecule has 0 spiro atoms. The van der Waals surface area contributed by atoms with Crippen LogP contribution in [0.3, 0.4) is 0 Å². The number of halogens is 2. The van der Waals surface area contributed by atoms with E-state index < -0.39 is 22.3 Å². The molecule has 0 aliphatic carbocycles. The normalized spacial score (nSPS) is 15.8. The molecule has 1 fully saturated rings. The summed E-state index contributed by atoms with van der Waals surface area (Å²) in [7, 11) is 0. The summed E-state index contributed by atoms with van der Waals surface area (Å²) >= 11 is 3.48. The quantitative estimate of drug-likeness (QED) is 0.544. The number of hydrogen-bond donors (Lipinski definition) is 1. The van der Waals surface area contributed by atoms with Gasteiger partial charge >= 0.3 is 0 Å². The molecule has 6 nitrogen and oxygen atoms in total. The smallest absolute Gasteiger partial charge is 0.276 e. The monoisotopic (exact) mass is 450 g/mol. The van der Waals surface area contributed by atoms with Crippen LogP contribution in [0.1, 0.15) is 34.3 Å². The van der Waals surface area contributed by atoms with Gasteiger partial charge in [0, 0.05) is 41.3 Å². The van der Waals surface area contributed by atoms with Crippen LogP contribution in [0.4, 0.5) is 10.1 Å². The second-order valence-electron chi connectivity index (χ2n) is 6.95. The number of nitro groups is 1. The highest BCUT2D eigenvalue weighted by molar-refractivity contribution is 9.10. The van der Waals surface area contributed by atoms with Crippen molar-refractivity contribution < 1.29 is 18.8 Å². The third kappa shape index (κ3) is 4.23. The molecule has 1 aliphatic heterocycles. The molecule has 0 bridgehead atoms. The van der Waals surface area contributed by atoms with Crippen LogP contribution in [0.2, 0.25) is 0 Å². The fourth-order valence-electron chi connectivity index (χ4n) is 3.48. The molecule has 1 saturated heterocycles. The minimum absolute atomic E-state index is 0.0637. The number of nitro benzene ring substituents is 1. The summed E-state index contributed by atoms with van der Waals surface area (Å²) in [6.45, 7) is 2.80. The van der Waals surface area contributed by atoms with Gasteiger partial charge in [-0.15, -0.1) is 0 Å². The lowest BCUT2D eigenvalue weighted by molar-refractivity contribution is -0.385. The van der Waals surface area contributed by atoms with Gasteiger partial charge in [0.05, 0.1) is 10.5 Å². The van der Waals surface area contributed by atoms with Crippen LogP contribution in [-0.4, -0.2) is 30.6 Å². The van der Waals surface area contributed by atoms with Gasteiger partial charge in [-0.3, -0.25) is 14.9 Å². The summed E-state index contributed by atoms with van der Waals surface area (Å²) in [4.78, 5) is 23.1. The van der Waals surface area contributed by atoms with E-state index in [1.807, 2.05) is 24.3 Å². The lowest BCUT2D eigenvalue weighted by Crippen LogP contribution is -2.44. The van der Waals surface area contributed by atoms with Crippen molar-refractivity contribution in [3.05, 3.63) is 73.5 Å². The molecule has 28 heavy (non-hydrogen) atoms. The molecule has 0 aromatic heterocycles. The van der Waals surface area contributed by atoms with E-state index in [0.29, 0.717) is 19.8 Å². The van der Waals surface area contributed by atoms with Gasteiger partial charge in [-0.05, 0) is 43.5 Å². The summed E-state index contributed by atoms with van der Waals surface area (Å²) in [5, 5.41) is 14.0. The molecule has 1 N–H and O–H groups in total. The standard InChI is InChI=1S/C20H20BrFN2O4/c1-13-17(22)9-14(10-18(13)24(26)27)19(25)23-12-20(5-7-28-8-6-20)15-3-2-4-16(21)11-15/h2-4,9-11H,5-8,12H2,1H3,(H,23,25). The van der Waals surface area contributed by atoms with E-state index >= 15 is 0 Å². The Balaban J connectivity index is 1.84. The average molecular weight is 451 g/mol. The number of rotatable bonds is 5. The number of nitrogens with zero attached hydrogens (tertiary/aromatic N) is 1. The minimum atomic E-state index is -0.771. The predicted molar refractivity (Wildman–Crippen MR) is 106 cm³/mol. The Morgan fingerprint density at radius 2 is 2.04 bits per heavy atom. The first kappa shape index (κ1) is 20.4. The maximum Gasteiger partial charge on any atom is 0.276 e. The molecule has 1 aliphatic rings. The Labute approximate surface area is 170 Å². The highest BCUT2D eigenvalue weighted by Crippen LogP contribution is 2.35. The van der Waals surface area contributed by atoms with Crippen LogP contribution in [0.25, 0.3) is 0 Å². The fourth-order valence-corrected chi connectivity index (χ4v) is 3.88. The first-order chi connectivity index (χ1) is 13.3. The average Bonchev–Trinajstić information content (AvgIpc) is 2.68. The molecule has 0 atom stereocenters. The summed E-state index contributed by atoms with van der Waals surface area (Å²) in [5.41, 5.74) is 0.208. The Morgan fingerprint density at radius 1 is 1.32 bits per heavy atom. The third-order valence-corrected chi connectivity index (χ3v) is 5.74. The number of carbonyl (C=O) groups is 1. The number of carbonyl (C=O) groups excluding carboxylic acids is 1. The molecule has 0 unspecified atom stereocenters. The summed E-state index contributed by atoms with van der Waals surface area (Å²) in [5.74, 6) is -1.31. The number of amides is 1. The molecule has 2 aromatic rings. The zero-order valence-electron chi connectivity index (χ0n) is 15.3. The molecular weight excluding hydrogens is 431 g/mol. The van der Waals surface area contributed by atoms with Gasteiger partial charge in [0.2, 0.25) is 0 Å². The molecule has 0 radical (unpaired) electrons. The van der Waals surface area contributed by atoms with Crippen molar-refractivity contribution in [3.8, 4) is 0 Å². The van der Waals surface area contributed by atoms with Crippen LogP contribution in [-0.2, 0) is 10.2 Å². The van der Waals surface area contributed by atoms with Crippen molar-refractivity contribution in [1.82, 2.24) is 5.32 Å². The highest BCUT2D eigenvalue weighted by Gasteiger charge is 2.35. The van der Waals surface area contributed by atoms with Gasteiger partial charge in [0.25, 0.3) is 11.6 Å². The van der Waals surface area contributed by atoms with E-state index in [1.165, 1.54) is 6.92 Å². The minimum Gasteiger partial charge on any atom is -0.381 e. The van der Waals surface area contributed by atoms with E-state index in [-0.39, 0.29) is 16.5 Å². The first-order valence-corrected chi connectivity index (χ1v) is 9.68. The van der Waals surface area contributed by atoms with Crippen molar-refractivity contribution in [2.24, 2.45) is 0 Å². The molecular formula is C20H20BrFN2O4. The summed E-state index contributed by atoms with van der Waals surface area (Å²) < 4.78 is 20.5. The van der Waals surface area contributed by atoms with Gasteiger partial charge in [-0.25, -0.2) is 4.39 Å². The van der Waals surface area contributed by atoms with Crippen LogP contribution >= 0.6 is 15.9 Å². The number of nitrogens with one attached hydrogen (secondary N) is 1. The van der Waals surface area contributed by atoms with Crippen molar-refractivity contribution in [2.45, 2.75) is 25.2 Å². The highest BCUT2D eigenvalue weighted by atomic mass is 79.9. The Hall–Kier alpha value is -2.32. The second kappa shape index (κ2) is 8.36. The van der Waals surface area contributed by atoms with Gasteiger partial charge in [-0.1, -0.05) is 28.1 Å². The van der Waals surface area contributed by atoms with Gasteiger partial charge in [0.1, 0.15) is 5.82 Å². The van der Waals surface area contributed by atoms with E-state index in [4.69, 9.17) is 4.74 Å². The first-order valence-electron chi connectivity index (χ1n) is 8.89. The van der Waals surface area contributed by atoms with Gasteiger partial charge in [-0.2, -0.15) is 0 Å². The zero-order valence-corrected chi connectivity index (χ0v) is 16.9. The number of benzene rings is 2. The van der Waals surface area contributed by atoms with Crippen molar-refractivity contribution in [1.29, 1.82) is 0 Å². The molecule has 0 saturated carbocycles. The molecule has 3 rings (SSSR count). The second-order valence-corrected chi connectivity index (χ2v) is 7.86.